The normalized spacial score (nSPS) is 10.7. The van der Waals surface area contributed by atoms with Gasteiger partial charge in [0.05, 0.1) is 20.5 Å². The quantitative estimate of drug-likeness (QED) is 0.858. The molecule has 0 amide bonds. The average Bonchev–Trinajstić information content (AvgIpc) is 2.64. The molecule has 2 heterocycles. The van der Waals surface area contributed by atoms with Crippen molar-refractivity contribution in [2.24, 2.45) is 7.05 Å². The van der Waals surface area contributed by atoms with Gasteiger partial charge in [0.2, 0.25) is 0 Å². The highest BCUT2D eigenvalue weighted by atomic mass is 127. The molecule has 0 aromatic carbocycles. The van der Waals surface area contributed by atoms with Crippen LogP contribution in [0.1, 0.15) is 18.3 Å². The maximum absolute atomic E-state index is 4.58. The SMILES string of the molecule is CCNc1nc(-c2cn(C)nc2C)nc(C)c1I. The number of nitrogens with one attached hydrogen (secondary N) is 1. The fourth-order valence-corrected chi connectivity index (χ4v) is 2.22. The Hall–Kier alpha value is -1.18. The first-order chi connectivity index (χ1) is 8.52. The Morgan fingerprint density at radius 2 is 2.00 bits per heavy atom. The highest BCUT2D eigenvalue weighted by molar-refractivity contribution is 14.1. The Morgan fingerprint density at radius 3 is 2.56 bits per heavy atom. The van der Waals surface area contributed by atoms with Crippen molar-refractivity contribution in [1.29, 1.82) is 0 Å². The highest BCUT2D eigenvalue weighted by Crippen LogP contribution is 2.24. The van der Waals surface area contributed by atoms with Crippen LogP contribution in [0.15, 0.2) is 6.20 Å². The van der Waals surface area contributed by atoms with E-state index in [1.807, 2.05) is 27.1 Å². The predicted molar refractivity (Wildman–Crippen MR) is 80.6 cm³/mol. The van der Waals surface area contributed by atoms with Gasteiger partial charge in [-0.25, -0.2) is 9.97 Å². The molecule has 18 heavy (non-hydrogen) atoms. The molecule has 0 spiro atoms. The summed E-state index contributed by atoms with van der Waals surface area (Å²) in [6, 6.07) is 0. The van der Waals surface area contributed by atoms with Gasteiger partial charge in [0.25, 0.3) is 0 Å². The van der Waals surface area contributed by atoms with Crippen LogP contribution in [0.2, 0.25) is 0 Å². The molecule has 0 bridgehead atoms. The standard InChI is InChI=1S/C12H16IN5/c1-5-14-12-10(13)8(3)15-11(16-12)9-6-18(4)17-7(9)2/h6H,5H2,1-4H3,(H,14,15,16). The summed E-state index contributed by atoms with van der Waals surface area (Å²) in [6.07, 6.45) is 1.95. The molecule has 0 aliphatic rings. The van der Waals surface area contributed by atoms with Crippen molar-refractivity contribution in [1.82, 2.24) is 19.7 Å². The van der Waals surface area contributed by atoms with Crippen LogP contribution in [-0.2, 0) is 7.05 Å². The van der Waals surface area contributed by atoms with E-state index >= 15 is 0 Å². The van der Waals surface area contributed by atoms with Gasteiger partial charge in [0, 0.05) is 19.8 Å². The lowest BCUT2D eigenvalue weighted by Gasteiger charge is -2.09. The monoisotopic (exact) mass is 357 g/mol. The van der Waals surface area contributed by atoms with Crippen molar-refractivity contribution < 1.29 is 0 Å². The lowest BCUT2D eigenvalue weighted by atomic mass is 10.2. The second kappa shape index (κ2) is 5.21. The van der Waals surface area contributed by atoms with Crippen molar-refractivity contribution in [2.75, 3.05) is 11.9 Å². The number of hydrogen-bond donors (Lipinski definition) is 1. The van der Waals surface area contributed by atoms with Gasteiger partial charge in [-0.2, -0.15) is 5.10 Å². The van der Waals surface area contributed by atoms with Crippen molar-refractivity contribution >= 4 is 28.4 Å². The predicted octanol–water partition coefficient (Wildman–Crippen LogP) is 2.53. The summed E-state index contributed by atoms with van der Waals surface area (Å²) in [5, 5.41) is 7.60. The smallest absolute Gasteiger partial charge is 0.165 e. The summed E-state index contributed by atoms with van der Waals surface area (Å²) in [5.41, 5.74) is 2.91. The Kier molecular flexibility index (Phi) is 3.84. The van der Waals surface area contributed by atoms with E-state index in [9.17, 15) is 0 Å². The number of aromatic nitrogens is 4. The molecule has 0 aliphatic heterocycles. The average molecular weight is 357 g/mol. The number of halogens is 1. The third-order valence-corrected chi connectivity index (χ3v) is 3.91. The van der Waals surface area contributed by atoms with E-state index in [0.717, 1.165) is 38.7 Å². The molecule has 96 valence electrons. The second-order valence-corrected chi connectivity index (χ2v) is 5.21. The zero-order chi connectivity index (χ0) is 13.3. The lowest BCUT2D eigenvalue weighted by Crippen LogP contribution is -2.06. The molecule has 0 fully saturated rings. The molecule has 2 aromatic heterocycles. The van der Waals surface area contributed by atoms with E-state index < -0.39 is 0 Å². The van der Waals surface area contributed by atoms with E-state index in [1.54, 1.807) is 4.68 Å². The Bertz CT molecular complexity index is 576. The van der Waals surface area contributed by atoms with E-state index in [-0.39, 0.29) is 0 Å². The van der Waals surface area contributed by atoms with E-state index in [4.69, 9.17) is 0 Å². The van der Waals surface area contributed by atoms with Crippen molar-refractivity contribution in [3.8, 4) is 11.4 Å². The highest BCUT2D eigenvalue weighted by Gasteiger charge is 2.13. The van der Waals surface area contributed by atoms with Gasteiger partial charge in [-0.05, 0) is 43.4 Å². The molecule has 0 radical (unpaired) electrons. The largest absolute Gasteiger partial charge is 0.369 e. The first-order valence-corrected chi connectivity index (χ1v) is 6.89. The van der Waals surface area contributed by atoms with E-state index in [1.165, 1.54) is 0 Å². The molecular formula is C12H16IN5. The second-order valence-electron chi connectivity index (χ2n) is 4.13. The number of aryl methyl sites for hydroxylation is 3. The van der Waals surface area contributed by atoms with E-state index in [0.29, 0.717) is 0 Å². The van der Waals surface area contributed by atoms with Crippen LogP contribution in [0, 0.1) is 17.4 Å². The summed E-state index contributed by atoms with van der Waals surface area (Å²) in [7, 11) is 1.90. The lowest BCUT2D eigenvalue weighted by molar-refractivity contribution is 0.756. The van der Waals surface area contributed by atoms with Crippen LogP contribution in [0.4, 0.5) is 5.82 Å². The molecule has 5 nitrogen and oxygen atoms in total. The van der Waals surface area contributed by atoms with Crippen LogP contribution in [0.25, 0.3) is 11.4 Å². The Morgan fingerprint density at radius 1 is 1.28 bits per heavy atom. The van der Waals surface area contributed by atoms with E-state index in [2.05, 4.69) is 49.9 Å². The Labute approximate surface area is 120 Å². The van der Waals surface area contributed by atoms with Crippen molar-refractivity contribution in [2.45, 2.75) is 20.8 Å². The number of hydrogen-bond acceptors (Lipinski definition) is 4. The maximum Gasteiger partial charge on any atom is 0.165 e. The van der Waals surface area contributed by atoms with Crippen LogP contribution < -0.4 is 5.32 Å². The molecule has 6 heteroatoms. The van der Waals surface area contributed by atoms with Crippen molar-refractivity contribution in [3.05, 3.63) is 21.2 Å². The number of nitrogens with zero attached hydrogens (tertiary/aromatic N) is 4. The fraction of sp³-hybridized carbons (Fsp3) is 0.417. The van der Waals surface area contributed by atoms with Gasteiger partial charge >= 0.3 is 0 Å². The van der Waals surface area contributed by atoms with Gasteiger partial charge in [0.1, 0.15) is 5.82 Å². The first-order valence-electron chi connectivity index (χ1n) is 5.81. The van der Waals surface area contributed by atoms with Gasteiger partial charge in [0.15, 0.2) is 5.82 Å². The summed E-state index contributed by atoms with van der Waals surface area (Å²) in [4.78, 5) is 9.13. The van der Waals surface area contributed by atoms with Crippen LogP contribution >= 0.6 is 22.6 Å². The molecular weight excluding hydrogens is 341 g/mol. The van der Waals surface area contributed by atoms with Crippen molar-refractivity contribution in [3.63, 3.8) is 0 Å². The topological polar surface area (TPSA) is 55.6 Å². The Balaban J connectivity index is 2.55. The molecule has 0 saturated carbocycles. The molecule has 0 atom stereocenters. The number of rotatable bonds is 3. The third-order valence-electron chi connectivity index (χ3n) is 2.62. The minimum atomic E-state index is 0.731. The minimum Gasteiger partial charge on any atom is -0.369 e. The maximum atomic E-state index is 4.58. The van der Waals surface area contributed by atoms with Gasteiger partial charge in [-0.1, -0.05) is 0 Å². The first kappa shape index (κ1) is 13.3. The molecule has 0 aliphatic carbocycles. The van der Waals surface area contributed by atoms with Gasteiger partial charge < -0.3 is 5.32 Å². The number of anilines is 1. The summed E-state index contributed by atoms with van der Waals surface area (Å²) < 4.78 is 2.86. The van der Waals surface area contributed by atoms with Crippen LogP contribution in [0.3, 0.4) is 0 Å². The van der Waals surface area contributed by atoms with Crippen LogP contribution in [-0.4, -0.2) is 26.3 Å². The van der Waals surface area contributed by atoms with Gasteiger partial charge in [-0.15, -0.1) is 0 Å². The zero-order valence-electron chi connectivity index (χ0n) is 11.0. The minimum absolute atomic E-state index is 0.731. The fourth-order valence-electron chi connectivity index (χ4n) is 1.78. The van der Waals surface area contributed by atoms with Gasteiger partial charge in [-0.3, -0.25) is 4.68 Å². The molecule has 1 N–H and O–H groups in total. The zero-order valence-corrected chi connectivity index (χ0v) is 13.1. The summed E-state index contributed by atoms with van der Waals surface area (Å²) >= 11 is 2.27. The summed E-state index contributed by atoms with van der Waals surface area (Å²) in [6.45, 7) is 6.87. The molecule has 2 aromatic rings. The third kappa shape index (κ3) is 2.47. The molecule has 0 saturated heterocycles. The summed E-state index contributed by atoms with van der Waals surface area (Å²) in [5.74, 6) is 1.62. The molecule has 0 unspecified atom stereocenters. The molecule has 2 rings (SSSR count). The van der Waals surface area contributed by atoms with Crippen LogP contribution in [0.5, 0.6) is 0 Å².